The first-order valence-electron chi connectivity index (χ1n) is 6.03. The molecule has 0 radical (unpaired) electrons. The van der Waals surface area contributed by atoms with Crippen LogP contribution in [-0.2, 0) is 16.4 Å². The molecular weight excluding hydrogens is 264 g/mol. The number of carbonyl (C=O) groups is 1. The van der Waals surface area contributed by atoms with Crippen molar-refractivity contribution in [2.45, 2.75) is 44.6 Å². The van der Waals surface area contributed by atoms with E-state index in [4.69, 9.17) is 5.14 Å². The van der Waals surface area contributed by atoms with Crippen LogP contribution < -0.4 is 10.5 Å². The number of amides is 1. The fourth-order valence-electron chi connectivity index (χ4n) is 1.66. The van der Waals surface area contributed by atoms with Gasteiger partial charge in [0.05, 0.1) is 4.90 Å². The summed E-state index contributed by atoms with van der Waals surface area (Å²) in [5.41, 5.74) is 0.748. The van der Waals surface area contributed by atoms with Crippen molar-refractivity contribution in [3.8, 4) is 0 Å². The highest BCUT2D eigenvalue weighted by Crippen LogP contribution is 2.17. The third-order valence-electron chi connectivity index (χ3n) is 2.52. The maximum absolute atomic E-state index is 12.2. The van der Waals surface area contributed by atoms with E-state index in [-0.39, 0.29) is 16.3 Å². The molecule has 106 valence electrons. The van der Waals surface area contributed by atoms with E-state index in [0.717, 1.165) is 5.56 Å². The van der Waals surface area contributed by atoms with Gasteiger partial charge in [0, 0.05) is 11.1 Å². The van der Waals surface area contributed by atoms with Crippen LogP contribution in [0.1, 0.15) is 43.6 Å². The Morgan fingerprint density at radius 1 is 1.32 bits per heavy atom. The minimum absolute atomic E-state index is 0.0521. The van der Waals surface area contributed by atoms with Crippen molar-refractivity contribution in [2.24, 2.45) is 5.14 Å². The Bertz CT molecular complexity index is 586. The van der Waals surface area contributed by atoms with Crippen LogP contribution >= 0.6 is 0 Å². The molecule has 0 fully saturated rings. The zero-order valence-electron chi connectivity index (χ0n) is 11.6. The first kappa shape index (κ1) is 15.7. The van der Waals surface area contributed by atoms with Gasteiger partial charge < -0.3 is 5.32 Å². The fraction of sp³-hybridized carbons (Fsp3) is 0.462. The van der Waals surface area contributed by atoms with E-state index in [9.17, 15) is 13.2 Å². The summed E-state index contributed by atoms with van der Waals surface area (Å²) in [7, 11) is -3.81. The van der Waals surface area contributed by atoms with Crippen LogP contribution in [0.25, 0.3) is 0 Å². The number of hydrogen-bond acceptors (Lipinski definition) is 3. The average Bonchev–Trinajstić information content (AvgIpc) is 2.24. The quantitative estimate of drug-likeness (QED) is 0.879. The Morgan fingerprint density at radius 3 is 2.32 bits per heavy atom. The molecule has 1 amide bonds. The molecule has 0 saturated heterocycles. The monoisotopic (exact) mass is 284 g/mol. The van der Waals surface area contributed by atoms with Crippen LogP contribution in [0.5, 0.6) is 0 Å². The van der Waals surface area contributed by atoms with Gasteiger partial charge in [0.2, 0.25) is 10.0 Å². The van der Waals surface area contributed by atoms with E-state index in [1.807, 2.05) is 27.7 Å². The van der Waals surface area contributed by atoms with Crippen LogP contribution in [0.4, 0.5) is 0 Å². The van der Waals surface area contributed by atoms with E-state index in [2.05, 4.69) is 5.32 Å². The number of sulfonamides is 1. The Kier molecular flexibility index (Phi) is 4.37. The van der Waals surface area contributed by atoms with Gasteiger partial charge in [-0.15, -0.1) is 0 Å². The number of aryl methyl sites for hydroxylation is 1. The largest absolute Gasteiger partial charge is 0.347 e. The predicted octanol–water partition coefficient (Wildman–Crippen LogP) is 1.42. The lowest BCUT2D eigenvalue weighted by Crippen LogP contribution is -2.41. The molecule has 0 aliphatic carbocycles. The first-order chi connectivity index (χ1) is 8.54. The summed E-state index contributed by atoms with van der Waals surface area (Å²) in [6.45, 7) is 7.49. The molecule has 0 heterocycles. The molecule has 19 heavy (non-hydrogen) atoms. The summed E-state index contributed by atoms with van der Waals surface area (Å²) in [5, 5.41) is 7.90. The number of carbonyl (C=O) groups excluding carboxylic acids is 1. The molecule has 0 bridgehead atoms. The highest BCUT2D eigenvalue weighted by atomic mass is 32.2. The molecule has 0 aromatic heterocycles. The molecule has 1 rings (SSSR count). The topological polar surface area (TPSA) is 89.3 Å². The molecule has 0 saturated carbocycles. The summed E-state index contributed by atoms with van der Waals surface area (Å²) in [6, 6.07) is 4.37. The van der Waals surface area contributed by atoms with Gasteiger partial charge in [-0.1, -0.05) is 13.0 Å². The zero-order chi connectivity index (χ0) is 14.8. The smallest absolute Gasteiger partial charge is 0.252 e. The van der Waals surface area contributed by atoms with E-state index in [1.165, 1.54) is 12.1 Å². The molecule has 5 nitrogen and oxygen atoms in total. The summed E-state index contributed by atoms with van der Waals surface area (Å²) in [6.07, 6.45) is 0.637. The molecule has 0 atom stereocenters. The highest BCUT2D eigenvalue weighted by molar-refractivity contribution is 7.89. The predicted molar refractivity (Wildman–Crippen MR) is 74.4 cm³/mol. The zero-order valence-corrected chi connectivity index (χ0v) is 12.5. The van der Waals surface area contributed by atoms with Crippen molar-refractivity contribution >= 4 is 15.9 Å². The van der Waals surface area contributed by atoms with E-state index >= 15 is 0 Å². The number of rotatable bonds is 3. The number of nitrogens with one attached hydrogen (secondary N) is 1. The van der Waals surface area contributed by atoms with Gasteiger partial charge in [-0.3, -0.25) is 4.79 Å². The number of benzene rings is 1. The van der Waals surface area contributed by atoms with Crippen molar-refractivity contribution in [1.82, 2.24) is 5.32 Å². The second-order valence-corrected chi connectivity index (χ2v) is 6.98. The van der Waals surface area contributed by atoms with Crippen molar-refractivity contribution in [1.29, 1.82) is 0 Å². The lowest BCUT2D eigenvalue weighted by atomic mass is 10.0. The Balaban J connectivity index is 3.28. The summed E-state index contributed by atoms with van der Waals surface area (Å²) >= 11 is 0. The minimum Gasteiger partial charge on any atom is -0.347 e. The highest BCUT2D eigenvalue weighted by Gasteiger charge is 2.19. The van der Waals surface area contributed by atoms with Gasteiger partial charge in [0.1, 0.15) is 0 Å². The van der Waals surface area contributed by atoms with Crippen LogP contribution in [-0.4, -0.2) is 19.9 Å². The maximum atomic E-state index is 12.2. The lowest BCUT2D eigenvalue weighted by Gasteiger charge is -2.21. The average molecular weight is 284 g/mol. The molecule has 0 unspecified atom stereocenters. The molecule has 1 aromatic carbocycles. The molecule has 0 spiro atoms. The fourth-order valence-corrected chi connectivity index (χ4v) is 2.20. The standard InChI is InChI=1S/C13H20N2O3S/c1-5-9-6-7-10(19(14,17)18)8-11(9)12(16)15-13(2,3)4/h6-8H,5H2,1-4H3,(H,15,16)(H2,14,17,18). The molecule has 3 N–H and O–H groups in total. The van der Waals surface area contributed by atoms with Crippen molar-refractivity contribution in [2.75, 3.05) is 0 Å². The summed E-state index contributed by atoms with van der Waals surface area (Å²) in [5.74, 6) is -0.296. The molecular formula is C13H20N2O3S. The third-order valence-corrected chi connectivity index (χ3v) is 3.43. The van der Waals surface area contributed by atoms with E-state index < -0.39 is 10.0 Å². The first-order valence-corrected chi connectivity index (χ1v) is 7.57. The second-order valence-electron chi connectivity index (χ2n) is 5.42. The van der Waals surface area contributed by atoms with E-state index in [0.29, 0.717) is 12.0 Å². The van der Waals surface area contributed by atoms with Crippen molar-refractivity contribution < 1.29 is 13.2 Å². The van der Waals surface area contributed by atoms with Gasteiger partial charge in [0.25, 0.3) is 5.91 Å². The SMILES string of the molecule is CCc1ccc(S(N)(=O)=O)cc1C(=O)NC(C)(C)C. The lowest BCUT2D eigenvalue weighted by molar-refractivity contribution is 0.0918. The van der Waals surface area contributed by atoms with Gasteiger partial charge >= 0.3 is 0 Å². The van der Waals surface area contributed by atoms with Crippen molar-refractivity contribution in [3.05, 3.63) is 29.3 Å². The number of hydrogen-bond donors (Lipinski definition) is 2. The third kappa shape index (κ3) is 4.33. The minimum atomic E-state index is -3.81. The molecule has 1 aromatic rings. The van der Waals surface area contributed by atoms with Crippen LogP contribution in [0.3, 0.4) is 0 Å². The van der Waals surface area contributed by atoms with Gasteiger partial charge in [0.15, 0.2) is 0 Å². The Hall–Kier alpha value is -1.40. The van der Waals surface area contributed by atoms with Crippen molar-refractivity contribution in [3.63, 3.8) is 0 Å². The second kappa shape index (κ2) is 5.30. The van der Waals surface area contributed by atoms with Gasteiger partial charge in [-0.2, -0.15) is 0 Å². The maximum Gasteiger partial charge on any atom is 0.252 e. The number of primary sulfonamides is 1. The van der Waals surface area contributed by atoms with Gasteiger partial charge in [-0.05, 0) is 44.9 Å². The summed E-state index contributed by atoms with van der Waals surface area (Å²) < 4.78 is 22.7. The molecule has 0 aliphatic heterocycles. The van der Waals surface area contributed by atoms with Gasteiger partial charge in [-0.25, -0.2) is 13.6 Å². The summed E-state index contributed by atoms with van der Waals surface area (Å²) in [4.78, 5) is 12.1. The molecule has 0 aliphatic rings. The van der Waals surface area contributed by atoms with E-state index in [1.54, 1.807) is 6.07 Å². The van der Waals surface area contributed by atoms with Crippen LogP contribution in [0.2, 0.25) is 0 Å². The normalized spacial score (nSPS) is 12.3. The van der Waals surface area contributed by atoms with Crippen LogP contribution in [0, 0.1) is 0 Å². The Labute approximate surface area is 114 Å². The Morgan fingerprint density at radius 2 is 1.89 bits per heavy atom. The number of nitrogens with two attached hydrogens (primary N) is 1. The van der Waals surface area contributed by atoms with Crippen LogP contribution in [0.15, 0.2) is 23.1 Å². The molecule has 6 heteroatoms.